The van der Waals surface area contributed by atoms with Gasteiger partial charge >= 0.3 is 0 Å². The van der Waals surface area contributed by atoms with Gasteiger partial charge in [-0.1, -0.05) is 18.2 Å². The van der Waals surface area contributed by atoms with Gasteiger partial charge in [-0.3, -0.25) is 4.79 Å². The van der Waals surface area contributed by atoms with E-state index < -0.39 is 0 Å². The number of aliphatic hydroxyl groups is 1. The minimum Gasteiger partial charge on any atom is -0.392 e. The Kier molecular flexibility index (Phi) is 3.84. The number of aliphatic hydroxyl groups excluding tert-OH is 1. The molecular weight excluding hydrogens is 296 g/mol. The Morgan fingerprint density at radius 3 is 2.78 bits per heavy atom. The molecule has 0 aliphatic carbocycles. The maximum absolute atomic E-state index is 12.1. The number of hydrogen-bond acceptors (Lipinski definition) is 2. The molecule has 0 radical (unpaired) electrons. The van der Waals surface area contributed by atoms with Crippen LogP contribution in [0.1, 0.15) is 16.1 Å². The molecule has 2 aromatic rings. The second kappa shape index (κ2) is 5.37. The van der Waals surface area contributed by atoms with Gasteiger partial charge in [-0.2, -0.15) is 0 Å². The van der Waals surface area contributed by atoms with Crippen LogP contribution in [0.5, 0.6) is 0 Å². The smallest absolute Gasteiger partial charge is 0.272 e. The average molecular weight is 309 g/mol. The predicted octanol–water partition coefficient (Wildman–Crippen LogP) is 2.53. The van der Waals surface area contributed by atoms with Crippen molar-refractivity contribution in [2.24, 2.45) is 7.05 Å². The molecule has 5 heteroatoms. The van der Waals surface area contributed by atoms with Crippen molar-refractivity contribution in [3.8, 4) is 0 Å². The van der Waals surface area contributed by atoms with Gasteiger partial charge in [0.1, 0.15) is 5.69 Å². The lowest BCUT2D eigenvalue weighted by molar-refractivity contribution is 0.101. The molecule has 2 N–H and O–H groups in total. The number of benzene rings is 1. The zero-order valence-corrected chi connectivity index (χ0v) is 11.4. The molecule has 1 amide bonds. The summed E-state index contributed by atoms with van der Waals surface area (Å²) in [6, 6.07) is 8.92. The number of nitrogens with zero attached hydrogens (tertiary/aromatic N) is 1. The molecular formula is C13H13BrN2O2. The van der Waals surface area contributed by atoms with Crippen LogP contribution in [0.3, 0.4) is 0 Å². The number of aryl methyl sites for hydroxylation is 1. The van der Waals surface area contributed by atoms with Gasteiger partial charge in [0.2, 0.25) is 0 Å². The van der Waals surface area contributed by atoms with Crippen LogP contribution in [0.4, 0.5) is 5.69 Å². The van der Waals surface area contributed by atoms with E-state index in [-0.39, 0.29) is 12.5 Å². The molecule has 0 aliphatic rings. The third-order valence-corrected chi connectivity index (χ3v) is 3.07. The van der Waals surface area contributed by atoms with Crippen LogP contribution in [-0.4, -0.2) is 15.6 Å². The van der Waals surface area contributed by atoms with Crippen molar-refractivity contribution < 1.29 is 9.90 Å². The number of hydrogen-bond donors (Lipinski definition) is 2. The Labute approximate surface area is 113 Å². The summed E-state index contributed by atoms with van der Waals surface area (Å²) in [5, 5.41) is 12.0. The fourth-order valence-electron chi connectivity index (χ4n) is 1.72. The minimum atomic E-state index is -0.205. The first-order chi connectivity index (χ1) is 8.61. The van der Waals surface area contributed by atoms with Gasteiger partial charge in [0.05, 0.1) is 6.61 Å². The van der Waals surface area contributed by atoms with E-state index in [1.165, 1.54) is 0 Å². The Bertz CT molecular complexity index is 578. The number of anilines is 1. The lowest BCUT2D eigenvalue weighted by atomic mass is 10.2. The van der Waals surface area contributed by atoms with Gasteiger partial charge < -0.3 is 15.0 Å². The monoisotopic (exact) mass is 308 g/mol. The Hall–Kier alpha value is -1.59. The number of carbonyl (C=O) groups excluding carboxylic acids is 1. The van der Waals surface area contributed by atoms with Gasteiger partial charge in [-0.05, 0) is 28.1 Å². The Morgan fingerprint density at radius 1 is 1.44 bits per heavy atom. The molecule has 0 saturated carbocycles. The molecule has 4 nitrogen and oxygen atoms in total. The summed E-state index contributed by atoms with van der Waals surface area (Å²) in [6.45, 7) is -0.104. The number of carbonyl (C=O) groups is 1. The highest BCUT2D eigenvalue weighted by molar-refractivity contribution is 9.10. The molecule has 0 fully saturated rings. The largest absolute Gasteiger partial charge is 0.392 e. The van der Waals surface area contributed by atoms with E-state index in [0.717, 1.165) is 4.47 Å². The van der Waals surface area contributed by atoms with E-state index in [1.54, 1.807) is 29.8 Å². The Balaban J connectivity index is 2.24. The van der Waals surface area contributed by atoms with Crippen LogP contribution >= 0.6 is 15.9 Å². The first-order valence-corrected chi connectivity index (χ1v) is 6.23. The normalized spacial score (nSPS) is 10.4. The second-order valence-electron chi connectivity index (χ2n) is 3.92. The molecule has 18 heavy (non-hydrogen) atoms. The number of amides is 1. The maximum atomic E-state index is 12.1. The molecule has 1 aromatic carbocycles. The Morgan fingerprint density at radius 2 is 2.17 bits per heavy atom. The highest BCUT2D eigenvalue weighted by Crippen LogP contribution is 2.18. The van der Waals surface area contributed by atoms with Crippen molar-refractivity contribution in [3.05, 3.63) is 52.3 Å². The molecule has 0 atom stereocenters. The summed E-state index contributed by atoms with van der Waals surface area (Å²) in [5.41, 5.74) is 1.87. The lowest BCUT2D eigenvalue weighted by Crippen LogP contribution is -2.16. The average Bonchev–Trinajstić information content (AvgIpc) is 2.69. The van der Waals surface area contributed by atoms with Crippen molar-refractivity contribution in [3.63, 3.8) is 0 Å². The molecule has 0 aliphatic heterocycles. The van der Waals surface area contributed by atoms with Crippen molar-refractivity contribution in [1.82, 2.24) is 4.57 Å². The van der Waals surface area contributed by atoms with Gasteiger partial charge in [0.15, 0.2) is 0 Å². The second-order valence-corrected chi connectivity index (χ2v) is 4.84. The molecule has 0 spiro atoms. The summed E-state index contributed by atoms with van der Waals surface area (Å²) < 4.78 is 2.59. The van der Waals surface area contributed by atoms with Crippen LogP contribution in [0.2, 0.25) is 0 Å². The minimum absolute atomic E-state index is 0.104. The van der Waals surface area contributed by atoms with Crippen molar-refractivity contribution in [1.29, 1.82) is 0 Å². The summed E-state index contributed by atoms with van der Waals surface area (Å²) in [4.78, 5) is 12.1. The van der Waals surface area contributed by atoms with Gasteiger partial charge in [0.25, 0.3) is 5.91 Å². The number of rotatable bonds is 3. The molecule has 1 aromatic heterocycles. The lowest BCUT2D eigenvalue weighted by Gasteiger charge is -2.09. The van der Waals surface area contributed by atoms with Crippen molar-refractivity contribution >= 4 is 27.5 Å². The maximum Gasteiger partial charge on any atom is 0.272 e. The fourth-order valence-corrected chi connectivity index (χ4v) is 2.24. The zero-order chi connectivity index (χ0) is 13.1. The molecule has 0 bridgehead atoms. The van der Waals surface area contributed by atoms with Crippen molar-refractivity contribution in [2.45, 2.75) is 6.61 Å². The number of para-hydroxylation sites is 1. The summed E-state index contributed by atoms with van der Waals surface area (Å²) >= 11 is 3.32. The molecule has 0 unspecified atom stereocenters. The number of halogens is 1. The summed E-state index contributed by atoms with van der Waals surface area (Å²) in [6.07, 6.45) is 1.81. The highest BCUT2D eigenvalue weighted by atomic mass is 79.9. The summed E-state index contributed by atoms with van der Waals surface area (Å²) in [5.74, 6) is -0.205. The third-order valence-electron chi connectivity index (χ3n) is 2.64. The van der Waals surface area contributed by atoms with Crippen LogP contribution in [0, 0.1) is 0 Å². The van der Waals surface area contributed by atoms with Crippen LogP contribution in [-0.2, 0) is 13.7 Å². The van der Waals surface area contributed by atoms with E-state index in [4.69, 9.17) is 0 Å². The van der Waals surface area contributed by atoms with E-state index in [1.807, 2.05) is 18.3 Å². The van der Waals surface area contributed by atoms with Crippen LogP contribution < -0.4 is 5.32 Å². The number of nitrogens with one attached hydrogen (secondary N) is 1. The fraction of sp³-hybridized carbons (Fsp3) is 0.154. The molecule has 94 valence electrons. The standard InChI is InChI=1S/C13H13BrN2O2/c1-16-7-10(14)6-12(16)13(18)15-11-5-3-2-4-9(11)8-17/h2-7,17H,8H2,1H3,(H,15,18). The number of aromatic nitrogens is 1. The third kappa shape index (κ3) is 2.63. The topological polar surface area (TPSA) is 54.3 Å². The quantitative estimate of drug-likeness (QED) is 0.915. The van der Waals surface area contributed by atoms with E-state index in [0.29, 0.717) is 16.9 Å². The highest BCUT2D eigenvalue weighted by Gasteiger charge is 2.12. The van der Waals surface area contributed by atoms with Gasteiger partial charge in [-0.15, -0.1) is 0 Å². The van der Waals surface area contributed by atoms with Crippen LogP contribution in [0.15, 0.2) is 41.0 Å². The first-order valence-electron chi connectivity index (χ1n) is 5.44. The van der Waals surface area contributed by atoms with Gasteiger partial charge in [0, 0.05) is 29.0 Å². The molecule has 2 rings (SSSR count). The first kappa shape index (κ1) is 12.9. The van der Waals surface area contributed by atoms with Crippen LogP contribution in [0.25, 0.3) is 0 Å². The molecule has 1 heterocycles. The van der Waals surface area contributed by atoms with E-state index in [9.17, 15) is 9.90 Å². The summed E-state index contributed by atoms with van der Waals surface area (Å²) in [7, 11) is 1.80. The van der Waals surface area contributed by atoms with Crippen molar-refractivity contribution in [2.75, 3.05) is 5.32 Å². The van der Waals surface area contributed by atoms with E-state index in [2.05, 4.69) is 21.2 Å². The molecule has 0 saturated heterocycles. The zero-order valence-electron chi connectivity index (χ0n) is 9.85. The van der Waals surface area contributed by atoms with E-state index >= 15 is 0 Å². The predicted molar refractivity (Wildman–Crippen MR) is 73.4 cm³/mol. The SMILES string of the molecule is Cn1cc(Br)cc1C(=O)Nc1ccccc1CO. The van der Waals surface area contributed by atoms with Gasteiger partial charge in [-0.25, -0.2) is 0 Å².